The molecule has 0 radical (unpaired) electrons. The zero-order chi connectivity index (χ0) is 14.2. The average molecular weight is 365 g/mol. The number of anilines is 1. The zero-order valence-electron chi connectivity index (χ0n) is 10.4. The van der Waals surface area contributed by atoms with Crippen molar-refractivity contribution in [3.8, 4) is 5.75 Å². The maximum absolute atomic E-state index is 6.14. The third-order valence-electron chi connectivity index (χ3n) is 2.67. The summed E-state index contributed by atoms with van der Waals surface area (Å²) in [6.45, 7) is 2.17. The minimum Gasteiger partial charge on any atom is -0.485 e. The summed E-state index contributed by atoms with van der Waals surface area (Å²) in [6, 6.07) is 3.37. The summed E-state index contributed by atoms with van der Waals surface area (Å²) in [5.74, 6) is 0.545. The van der Waals surface area contributed by atoms with E-state index in [1.807, 2.05) is 6.92 Å². The van der Waals surface area contributed by atoms with Crippen LogP contribution in [0, 0.1) is 6.92 Å². The van der Waals surface area contributed by atoms with E-state index in [1.165, 1.54) is 0 Å². The van der Waals surface area contributed by atoms with Gasteiger partial charge in [-0.2, -0.15) is 5.10 Å². The Labute approximate surface area is 129 Å². The molecule has 1 aromatic carbocycles. The van der Waals surface area contributed by atoms with Gasteiger partial charge >= 0.3 is 0 Å². The molecule has 0 aliphatic rings. The highest BCUT2D eigenvalue weighted by Crippen LogP contribution is 2.35. The molecule has 2 aromatic rings. The molecule has 19 heavy (non-hydrogen) atoms. The van der Waals surface area contributed by atoms with Crippen LogP contribution in [0.25, 0.3) is 0 Å². The molecule has 0 atom stereocenters. The highest BCUT2D eigenvalue weighted by atomic mass is 79.9. The third kappa shape index (κ3) is 2.99. The van der Waals surface area contributed by atoms with Crippen molar-refractivity contribution in [3.63, 3.8) is 0 Å². The maximum atomic E-state index is 6.14. The fourth-order valence-corrected chi connectivity index (χ4v) is 2.89. The predicted octanol–water partition coefficient (Wildman–Crippen LogP) is 3.96. The van der Waals surface area contributed by atoms with Crippen molar-refractivity contribution in [2.75, 3.05) is 5.73 Å². The fraction of sp³-hybridized carbons (Fsp3) is 0.250. The molecule has 1 heterocycles. The first-order chi connectivity index (χ1) is 8.90. The minimum atomic E-state index is 0.295. The lowest BCUT2D eigenvalue weighted by molar-refractivity contribution is 0.305. The van der Waals surface area contributed by atoms with Crippen LogP contribution in [-0.4, -0.2) is 9.78 Å². The molecular weight excluding hydrogens is 353 g/mol. The van der Waals surface area contributed by atoms with Gasteiger partial charge in [0.2, 0.25) is 0 Å². The Hall–Kier alpha value is -0.910. The quantitative estimate of drug-likeness (QED) is 0.838. The van der Waals surface area contributed by atoms with E-state index < -0.39 is 0 Å². The van der Waals surface area contributed by atoms with E-state index in [0.29, 0.717) is 32.7 Å². The average Bonchev–Trinajstić information content (AvgIpc) is 2.53. The molecule has 2 rings (SSSR count). The summed E-state index contributed by atoms with van der Waals surface area (Å²) in [5, 5.41) is 5.33. The van der Waals surface area contributed by atoms with Crippen LogP contribution >= 0.6 is 39.1 Å². The van der Waals surface area contributed by atoms with Gasteiger partial charge in [0.05, 0.1) is 15.9 Å². The first kappa shape index (κ1) is 14.5. The lowest BCUT2D eigenvalue weighted by atomic mass is 10.2. The van der Waals surface area contributed by atoms with Crippen molar-refractivity contribution in [2.24, 2.45) is 7.05 Å². The topological polar surface area (TPSA) is 53.1 Å². The van der Waals surface area contributed by atoms with Crippen LogP contribution in [0.15, 0.2) is 16.6 Å². The molecule has 0 saturated carbocycles. The van der Waals surface area contributed by atoms with E-state index in [4.69, 9.17) is 33.7 Å². The monoisotopic (exact) mass is 363 g/mol. The molecule has 0 unspecified atom stereocenters. The minimum absolute atomic E-state index is 0.295. The zero-order valence-corrected chi connectivity index (χ0v) is 13.5. The van der Waals surface area contributed by atoms with Crippen molar-refractivity contribution in [3.05, 3.63) is 38.0 Å². The van der Waals surface area contributed by atoms with E-state index in [1.54, 1.807) is 23.9 Å². The Morgan fingerprint density at radius 1 is 1.42 bits per heavy atom. The van der Waals surface area contributed by atoms with Crippen molar-refractivity contribution < 1.29 is 4.74 Å². The number of aromatic nitrogens is 2. The standard InChI is InChI=1S/C12H12BrCl2N3O/c1-6-8(12(15)18(2)17-6)5-19-11-9(13)3-7(14)4-10(11)16/h3-4H,5,16H2,1-2H3. The van der Waals surface area contributed by atoms with E-state index in [2.05, 4.69) is 21.0 Å². The van der Waals surface area contributed by atoms with E-state index >= 15 is 0 Å². The smallest absolute Gasteiger partial charge is 0.156 e. The summed E-state index contributed by atoms with van der Waals surface area (Å²) < 4.78 is 8.03. The second-order valence-electron chi connectivity index (χ2n) is 4.07. The Bertz CT molecular complexity index is 605. The fourth-order valence-electron chi connectivity index (χ4n) is 1.71. The van der Waals surface area contributed by atoms with E-state index in [0.717, 1.165) is 11.3 Å². The number of rotatable bonds is 3. The van der Waals surface area contributed by atoms with Gasteiger partial charge in [-0.1, -0.05) is 23.2 Å². The first-order valence-electron chi connectivity index (χ1n) is 5.45. The summed E-state index contributed by atoms with van der Waals surface area (Å²) in [5.41, 5.74) is 8.01. The van der Waals surface area contributed by atoms with Crippen LogP contribution in [0.4, 0.5) is 5.69 Å². The summed E-state index contributed by atoms with van der Waals surface area (Å²) in [6.07, 6.45) is 0. The molecule has 102 valence electrons. The molecule has 0 fully saturated rings. The molecule has 0 amide bonds. The van der Waals surface area contributed by atoms with E-state index in [9.17, 15) is 0 Å². The van der Waals surface area contributed by atoms with Crippen molar-refractivity contribution in [1.29, 1.82) is 0 Å². The number of benzene rings is 1. The van der Waals surface area contributed by atoms with Gasteiger partial charge in [0.25, 0.3) is 0 Å². The number of halogens is 3. The van der Waals surface area contributed by atoms with Gasteiger partial charge in [0.15, 0.2) is 5.75 Å². The van der Waals surface area contributed by atoms with Crippen LogP contribution in [-0.2, 0) is 13.7 Å². The van der Waals surface area contributed by atoms with Crippen LogP contribution in [0.3, 0.4) is 0 Å². The van der Waals surface area contributed by atoms with Crippen molar-refractivity contribution >= 4 is 44.8 Å². The van der Waals surface area contributed by atoms with Crippen LogP contribution in [0.5, 0.6) is 5.75 Å². The number of nitrogens with two attached hydrogens (primary N) is 1. The Balaban J connectivity index is 2.24. The number of hydrogen-bond donors (Lipinski definition) is 1. The van der Waals surface area contributed by atoms with Crippen molar-refractivity contribution in [1.82, 2.24) is 9.78 Å². The molecule has 0 aliphatic carbocycles. The van der Waals surface area contributed by atoms with Crippen LogP contribution in [0.2, 0.25) is 10.2 Å². The Morgan fingerprint density at radius 3 is 2.63 bits per heavy atom. The molecule has 4 nitrogen and oxygen atoms in total. The van der Waals surface area contributed by atoms with Gasteiger partial charge in [-0.3, -0.25) is 4.68 Å². The largest absolute Gasteiger partial charge is 0.485 e. The number of ether oxygens (including phenoxy) is 1. The summed E-state index contributed by atoms with van der Waals surface area (Å²) >= 11 is 15.4. The summed E-state index contributed by atoms with van der Waals surface area (Å²) in [4.78, 5) is 0. The van der Waals surface area contributed by atoms with Crippen molar-refractivity contribution in [2.45, 2.75) is 13.5 Å². The molecular formula is C12H12BrCl2N3O. The molecule has 0 aliphatic heterocycles. The van der Waals surface area contributed by atoms with Gasteiger partial charge in [0, 0.05) is 17.6 Å². The maximum Gasteiger partial charge on any atom is 0.156 e. The molecule has 1 aromatic heterocycles. The van der Waals surface area contributed by atoms with Gasteiger partial charge in [-0.05, 0) is 35.0 Å². The van der Waals surface area contributed by atoms with Gasteiger partial charge < -0.3 is 10.5 Å². The molecule has 0 saturated heterocycles. The Kier molecular flexibility index (Phi) is 4.28. The lowest BCUT2D eigenvalue weighted by Crippen LogP contribution is -2.01. The van der Waals surface area contributed by atoms with Crippen LogP contribution < -0.4 is 10.5 Å². The number of nitrogens with zero attached hydrogens (tertiary/aromatic N) is 2. The van der Waals surface area contributed by atoms with E-state index in [-0.39, 0.29) is 0 Å². The second kappa shape index (κ2) is 5.61. The first-order valence-corrected chi connectivity index (χ1v) is 7.00. The lowest BCUT2D eigenvalue weighted by Gasteiger charge is -2.11. The second-order valence-corrected chi connectivity index (χ2v) is 5.72. The van der Waals surface area contributed by atoms with Gasteiger partial charge in [-0.15, -0.1) is 0 Å². The highest BCUT2D eigenvalue weighted by molar-refractivity contribution is 9.10. The SMILES string of the molecule is Cc1nn(C)c(Cl)c1COc1c(N)cc(Cl)cc1Br. The normalized spacial score (nSPS) is 10.8. The number of hydrogen-bond acceptors (Lipinski definition) is 3. The number of nitrogen functional groups attached to an aromatic ring is 1. The highest BCUT2D eigenvalue weighted by Gasteiger charge is 2.14. The van der Waals surface area contributed by atoms with Gasteiger partial charge in [-0.25, -0.2) is 0 Å². The molecule has 0 bridgehead atoms. The third-order valence-corrected chi connectivity index (χ3v) is 3.95. The van der Waals surface area contributed by atoms with Crippen LogP contribution in [0.1, 0.15) is 11.3 Å². The molecule has 2 N–H and O–H groups in total. The Morgan fingerprint density at radius 2 is 2.11 bits per heavy atom. The molecule has 7 heteroatoms. The predicted molar refractivity (Wildman–Crippen MR) is 80.9 cm³/mol. The molecule has 0 spiro atoms. The van der Waals surface area contributed by atoms with Gasteiger partial charge in [0.1, 0.15) is 11.8 Å². The number of aryl methyl sites for hydroxylation is 2. The summed E-state index contributed by atoms with van der Waals surface area (Å²) in [7, 11) is 1.78.